The van der Waals surface area contributed by atoms with Gasteiger partial charge in [0.1, 0.15) is 6.04 Å². The van der Waals surface area contributed by atoms with Crippen LogP contribution < -0.4 is 0 Å². The Morgan fingerprint density at radius 1 is 1.60 bits per heavy atom. The zero-order valence-electron chi connectivity index (χ0n) is 5.87. The van der Waals surface area contributed by atoms with E-state index in [1.165, 1.54) is 13.3 Å². The van der Waals surface area contributed by atoms with E-state index < -0.39 is 6.04 Å². The largest absolute Gasteiger partial charge is 0.279 e. The van der Waals surface area contributed by atoms with Gasteiger partial charge < -0.3 is 0 Å². The van der Waals surface area contributed by atoms with Crippen molar-refractivity contribution in [3.63, 3.8) is 0 Å². The van der Waals surface area contributed by atoms with Crippen molar-refractivity contribution in [3.8, 4) is 0 Å². The molecule has 0 spiro atoms. The number of nitrogens with zero attached hydrogens (tertiary/aromatic N) is 2. The molecule has 0 aromatic carbocycles. The first-order valence-electron chi connectivity index (χ1n) is 2.97. The summed E-state index contributed by atoms with van der Waals surface area (Å²) in [5.41, 5.74) is 0. The molecule has 0 radical (unpaired) electrons. The molecule has 1 heterocycles. The lowest BCUT2D eigenvalue weighted by atomic mass is 10.2. The number of rotatable bonds is 0. The van der Waals surface area contributed by atoms with Gasteiger partial charge in [0.05, 0.1) is 6.21 Å². The topological polar surface area (TPSA) is 49.7 Å². The van der Waals surface area contributed by atoms with E-state index in [0.717, 1.165) is 4.90 Å². The Morgan fingerprint density at radius 2 is 2.20 bits per heavy atom. The van der Waals surface area contributed by atoms with E-state index in [1.807, 2.05) is 0 Å². The molecule has 1 atom stereocenters. The predicted molar refractivity (Wildman–Crippen MR) is 35.7 cm³/mol. The normalized spacial score (nSPS) is 25.8. The van der Waals surface area contributed by atoms with Gasteiger partial charge in [-0.15, -0.1) is 0 Å². The molecule has 2 amide bonds. The van der Waals surface area contributed by atoms with Crippen LogP contribution in [-0.4, -0.2) is 36.0 Å². The van der Waals surface area contributed by atoms with Crippen molar-refractivity contribution in [1.82, 2.24) is 4.90 Å². The third-order valence-corrected chi connectivity index (χ3v) is 1.43. The van der Waals surface area contributed by atoms with E-state index in [4.69, 9.17) is 0 Å². The van der Waals surface area contributed by atoms with Gasteiger partial charge in [-0.1, -0.05) is 0 Å². The standard InChI is InChI=1S/C6H8N2O2/c1-4-6(10)8(2)5(9)3-7-4/h3-4H,1-2H3. The molecule has 0 N–H and O–H groups in total. The number of carbonyl (C=O) groups excluding carboxylic acids is 2. The molecule has 10 heavy (non-hydrogen) atoms. The number of imide groups is 1. The van der Waals surface area contributed by atoms with Crippen LogP contribution in [0.4, 0.5) is 0 Å². The summed E-state index contributed by atoms with van der Waals surface area (Å²) in [7, 11) is 1.45. The predicted octanol–water partition coefficient (Wildman–Crippen LogP) is -0.556. The van der Waals surface area contributed by atoms with E-state index in [-0.39, 0.29) is 11.8 Å². The summed E-state index contributed by atoms with van der Waals surface area (Å²) >= 11 is 0. The minimum Gasteiger partial charge on any atom is -0.279 e. The molecular formula is C6H8N2O2. The van der Waals surface area contributed by atoms with Crippen molar-refractivity contribution in [2.75, 3.05) is 7.05 Å². The minimum atomic E-state index is -0.400. The molecule has 1 aliphatic heterocycles. The van der Waals surface area contributed by atoms with Gasteiger partial charge in [0, 0.05) is 7.05 Å². The van der Waals surface area contributed by atoms with E-state index in [2.05, 4.69) is 4.99 Å². The van der Waals surface area contributed by atoms with Gasteiger partial charge in [0.25, 0.3) is 11.8 Å². The lowest BCUT2D eigenvalue weighted by Gasteiger charge is -2.19. The Bertz CT molecular complexity index is 210. The summed E-state index contributed by atoms with van der Waals surface area (Å²) in [6.07, 6.45) is 1.17. The van der Waals surface area contributed by atoms with Crippen LogP contribution in [0.15, 0.2) is 4.99 Å². The molecule has 0 aromatic heterocycles. The molecule has 0 saturated carbocycles. The van der Waals surface area contributed by atoms with Gasteiger partial charge in [0.15, 0.2) is 0 Å². The van der Waals surface area contributed by atoms with Gasteiger partial charge in [-0.05, 0) is 6.92 Å². The van der Waals surface area contributed by atoms with Crippen molar-refractivity contribution in [2.24, 2.45) is 4.99 Å². The molecule has 1 aliphatic rings. The smallest absolute Gasteiger partial charge is 0.270 e. The van der Waals surface area contributed by atoms with E-state index >= 15 is 0 Å². The fourth-order valence-corrected chi connectivity index (χ4v) is 0.715. The second kappa shape index (κ2) is 2.21. The monoisotopic (exact) mass is 140 g/mol. The Kier molecular flexibility index (Phi) is 1.53. The molecular weight excluding hydrogens is 132 g/mol. The Hall–Kier alpha value is -1.19. The summed E-state index contributed by atoms with van der Waals surface area (Å²) in [6.45, 7) is 1.65. The third kappa shape index (κ3) is 0.920. The second-order valence-electron chi connectivity index (χ2n) is 2.19. The summed E-state index contributed by atoms with van der Waals surface area (Å²) in [5.74, 6) is -0.587. The lowest BCUT2D eigenvalue weighted by Crippen LogP contribution is -2.42. The SMILES string of the molecule is CC1N=CC(=O)N(C)C1=O. The quantitative estimate of drug-likeness (QED) is 0.424. The maximum atomic E-state index is 10.9. The fourth-order valence-electron chi connectivity index (χ4n) is 0.715. The Balaban J connectivity index is 2.89. The molecule has 54 valence electrons. The van der Waals surface area contributed by atoms with E-state index in [0.29, 0.717) is 0 Å². The Morgan fingerprint density at radius 3 is 2.70 bits per heavy atom. The van der Waals surface area contributed by atoms with Crippen LogP contribution in [0.5, 0.6) is 0 Å². The number of likely N-dealkylation sites (N-methyl/N-ethyl adjacent to an activating group) is 1. The van der Waals surface area contributed by atoms with Crippen molar-refractivity contribution in [2.45, 2.75) is 13.0 Å². The maximum Gasteiger partial charge on any atom is 0.270 e. The average Bonchev–Trinajstić information content (AvgIpc) is 1.93. The van der Waals surface area contributed by atoms with Crippen molar-refractivity contribution in [3.05, 3.63) is 0 Å². The number of carbonyl (C=O) groups is 2. The summed E-state index contributed by atoms with van der Waals surface area (Å²) in [5, 5.41) is 0. The molecule has 0 bridgehead atoms. The molecule has 0 aromatic rings. The lowest BCUT2D eigenvalue weighted by molar-refractivity contribution is -0.140. The van der Waals surface area contributed by atoms with Crippen LogP contribution in [0.2, 0.25) is 0 Å². The first-order chi connectivity index (χ1) is 4.63. The number of amides is 2. The fraction of sp³-hybridized carbons (Fsp3) is 0.500. The highest BCUT2D eigenvalue weighted by Crippen LogP contribution is 2.00. The third-order valence-electron chi connectivity index (χ3n) is 1.43. The first kappa shape index (κ1) is 6.92. The van der Waals surface area contributed by atoms with Gasteiger partial charge in [-0.3, -0.25) is 19.5 Å². The summed E-state index contributed by atoms with van der Waals surface area (Å²) < 4.78 is 0. The highest BCUT2D eigenvalue weighted by molar-refractivity contribution is 6.31. The van der Waals surface area contributed by atoms with Crippen LogP contribution in [0, 0.1) is 0 Å². The molecule has 0 saturated heterocycles. The van der Waals surface area contributed by atoms with Crippen LogP contribution in [-0.2, 0) is 9.59 Å². The van der Waals surface area contributed by atoms with Crippen LogP contribution in [0.3, 0.4) is 0 Å². The highest BCUT2D eigenvalue weighted by Gasteiger charge is 2.24. The van der Waals surface area contributed by atoms with Gasteiger partial charge >= 0.3 is 0 Å². The molecule has 4 heteroatoms. The second-order valence-corrected chi connectivity index (χ2v) is 2.19. The van der Waals surface area contributed by atoms with Crippen LogP contribution in [0.25, 0.3) is 0 Å². The molecule has 1 unspecified atom stereocenters. The van der Waals surface area contributed by atoms with Crippen LogP contribution in [0.1, 0.15) is 6.92 Å². The molecule has 0 fully saturated rings. The average molecular weight is 140 g/mol. The van der Waals surface area contributed by atoms with Crippen LogP contribution >= 0.6 is 0 Å². The summed E-state index contributed by atoms with van der Waals surface area (Å²) in [6, 6.07) is -0.400. The van der Waals surface area contributed by atoms with Crippen molar-refractivity contribution in [1.29, 1.82) is 0 Å². The molecule has 0 aliphatic carbocycles. The van der Waals surface area contributed by atoms with Gasteiger partial charge in [-0.25, -0.2) is 0 Å². The van der Waals surface area contributed by atoms with E-state index in [1.54, 1.807) is 6.92 Å². The van der Waals surface area contributed by atoms with Crippen molar-refractivity contribution >= 4 is 18.0 Å². The van der Waals surface area contributed by atoms with Crippen molar-refractivity contribution < 1.29 is 9.59 Å². The van der Waals surface area contributed by atoms with Gasteiger partial charge in [-0.2, -0.15) is 0 Å². The first-order valence-corrected chi connectivity index (χ1v) is 2.97. The number of hydrogen-bond donors (Lipinski definition) is 0. The minimum absolute atomic E-state index is 0.243. The zero-order chi connectivity index (χ0) is 7.72. The summed E-state index contributed by atoms with van der Waals surface area (Å²) in [4.78, 5) is 26.4. The number of aliphatic imine (C=N–C) groups is 1. The zero-order valence-corrected chi connectivity index (χ0v) is 5.87. The Labute approximate surface area is 58.5 Å². The highest BCUT2D eigenvalue weighted by atomic mass is 16.2. The maximum absolute atomic E-state index is 10.9. The number of hydrogen-bond acceptors (Lipinski definition) is 3. The molecule has 1 rings (SSSR count). The molecule has 4 nitrogen and oxygen atoms in total. The van der Waals surface area contributed by atoms with E-state index in [9.17, 15) is 9.59 Å². The van der Waals surface area contributed by atoms with Gasteiger partial charge in [0.2, 0.25) is 0 Å².